The fourth-order valence-electron chi connectivity index (χ4n) is 2.46. The molecule has 0 fully saturated rings. The maximum absolute atomic E-state index is 14.4. The van der Waals surface area contributed by atoms with Crippen molar-refractivity contribution in [1.29, 1.82) is 0 Å². The highest BCUT2D eigenvalue weighted by Crippen LogP contribution is 2.42. The second kappa shape index (κ2) is 7.11. The number of halogens is 4. The summed E-state index contributed by atoms with van der Waals surface area (Å²) in [5.74, 6) is -1.69. The first-order valence-electron chi connectivity index (χ1n) is 7.05. The summed E-state index contributed by atoms with van der Waals surface area (Å²) in [5.41, 5.74) is 5.25. The number of hydrogen-bond acceptors (Lipinski definition) is 5. The van der Waals surface area contributed by atoms with Gasteiger partial charge in [0.05, 0.1) is 9.36 Å². The van der Waals surface area contributed by atoms with E-state index in [1.165, 1.54) is 18.2 Å². The number of nitrogen functional groups attached to an aromatic ring is 1. The molecule has 0 amide bonds. The molecule has 2 N–H and O–H groups in total. The molecule has 1 unspecified atom stereocenters. The van der Waals surface area contributed by atoms with Crippen LogP contribution >= 0.6 is 34.5 Å². The lowest BCUT2D eigenvalue weighted by atomic mass is 10.0. The van der Waals surface area contributed by atoms with E-state index in [2.05, 4.69) is 4.98 Å². The van der Waals surface area contributed by atoms with E-state index in [-0.39, 0.29) is 30.5 Å². The SMILES string of the molecule is Nc1cc(C(c2cc(F)ccc2F)S(=O)(=O)c2ccc(Cl)s2)c(Cl)cn1. The first-order chi connectivity index (χ1) is 12.2. The highest BCUT2D eigenvalue weighted by Gasteiger charge is 2.36. The molecule has 26 heavy (non-hydrogen) atoms. The van der Waals surface area contributed by atoms with Crippen LogP contribution in [0.2, 0.25) is 9.36 Å². The molecule has 3 rings (SSSR count). The van der Waals surface area contributed by atoms with Crippen molar-refractivity contribution >= 4 is 50.2 Å². The standard InChI is InChI=1S/C16H10Cl2F2N2O2S2/c17-11-7-22-14(21)6-9(11)16(10-5-8(19)1-2-12(10)20)26(23,24)15-4-3-13(18)25-15/h1-7,16H,(H2,21,22). The van der Waals surface area contributed by atoms with E-state index in [1.807, 2.05) is 0 Å². The van der Waals surface area contributed by atoms with Crippen molar-refractivity contribution in [2.45, 2.75) is 9.46 Å². The van der Waals surface area contributed by atoms with Crippen LogP contribution in [0.25, 0.3) is 0 Å². The molecule has 2 heterocycles. The van der Waals surface area contributed by atoms with Crippen LogP contribution in [0.1, 0.15) is 16.4 Å². The summed E-state index contributed by atoms with van der Waals surface area (Å²) in [6.45, 7) is 0. The minimum atomic E-state index is -4.21. The average Bonchev–Trinajstić information content (AvgIpc) is 3.01. The van der Waals surface area contributed by atoms with Gasteiger partial charge in [-0.15, -0.1) is 11.3 Å². The molecule has 0 bridgehead atoms. The minimum Gasteiger partial charge on any atom is -0.384 e. The highest BCUT2D eigenvalue weighted by molar-refractivity contribution is 7.94. The van der Waals surface area contributed by atoms with Crippen LogP contribution in [-0.2, 0) is 9.84 Å². The van der Waals surface area contributed by atoms with Crippen molar-refractivity contribution in [3.05, 3.63) is 74.7 Å². The zero-order valence-corrected chi connectivity index (χ0v) is 15.9. The molecule has 0 aliphatic rings. The quantitative estimate of drug-likeness (QED) is 0.635. The van der Waals surface area contributed by atoms with Gasteiger partial charge >= 0.3 is 0 Å². The van der Waals surface area contributed by atoms with Crippen LogP contribution in [-0.4, -0.2) is 13.4 Å². The first kappa shape index (κ1) is 19.0. The van der Waals surface area contributed by atoms with Gasteiger partial charge < -0.3 is 5.73 Å². The molecule has 0 radical (unpaired) electrons. The zero-order chi connectivity index (χ0) is 19.1. The van der Waals surface area contributed by atoms with Crippen molar-refractivity contribution in [3.8, 4) is 0 Å². The number of pyridine rings is 1. The Labute approximate surface area is 162 Å². The van der Waals surface area contributed by atoms with Crippen LogP contribution in [0.3, 0.4) is 0 Å². The Morgan fingerprint density at radius 3 is 2.46 bits per heavy atom. The van der Waals surface area contributed by atoms with E-state index in [9.17, 15) is 17.2 Å². The van der Waals surface area contributed by atoms with Gasteiger partial charge in [-0.25, -0.2) is 22.2 Å². The van der Waals surface area contributed by atoms with Crippen LogP contribution in [0.4, 0.5) is 14.6 Å². The predicted octanol–water partition coefficient (Wildman–Crippen LogP) is 4.87. The van der Waals surface area contributed by atoms with Gasteiger partial charge in [0.25, 0.3) is 0 Å². The Hall–Kier alpha value is -1.74. The van der Waals surface area contributed by atoms with E-state index in [4.69, 9.17) is 28.9 Å². The molecular weight excluding hydrogens is 425 g/mol. The maximum atomic E-state index is 14.4. The van der Waals surface area contributed by atoms with E-state index in [1.54, 1.807) is 0 Å². The number of sulfone groups is 1. The van der Waals surface area contributed by atoms with Gasteiger partial charge in [-0.3, -0.25) is 0 Å². The van der Waals surface area contributed by atoms with Crippen LogP contribution in [0.5, 0.6) is 0 Å². The summed E-state index contributed by atoms with van der Waals surface area (Å²) in [5, 5.41) is -1.66. The minimum absolute atomic E-state index is 0.00631. The summed E-state index contributed by atoms with van der Waals surface area (Å²) in [7, 11) is -4.21. The van der Waals surface area contributed by atoms with E-state index in [0.717, 1.165) is 35.7 Å². The Bertz CT molecular complexity index is 1040. The Morgan fingerprint density at radius 1 is 1.08 bits per heavy atom. The summed E-state index contributed by atoms with van der Waals surface area (Å²) >= 11 is 12.8. The number of nitrogens with two attached hydrogens (primary N) is 1. The van der Waals surface area contributed by atoms with Gasteiger partial charge in [0.15, 0.2) is 9.84 Å². The van der Waals surface area contributed by atoms with Gasteiger partial charge in [-0.05, 0) is 42.0 Å². The second-order valence-corrected chi connectivity index (χ2v) is 9.66. The Balaban J connectivity index is 2.33. The average molecular weight is 435 g/mol. The summed E-state index contributed by atoms with van der Waals surface area (Å²) in [6.07, 6.45) is 1.16. The number of rotatable bonds is 4. The van der Waals surface area contributed by atoms with Crippen molar-refractivity contribution < 1.29 is 17.2 Å². The molecule has 1 aromatic carbocycles. The molecule has 10 heteroatoms. The van der Waals surface area contributed by atoms with Crippen molar-refractivity contribution in [3.63, 3.8) is 0 Å². The van der Waals surface area contributed by atoms with Gasteiger partial charge in [0.1, 0.15) is 26.9 Å². The molecule has 0 aliphatic heterocycles. The van der Waals surface area contributed by atoms with E-state index >= 15 is 0 Å². The maximum Gasteiger partial charge on any atom is 0.199 e. The lowest BCUT2D eigenvalue weighted by Gasteiger charge is -2.20. The molecule has 0 saturated carbocycles. The summed E-state index contributed by atoms with van der Waals surface area (Å²) in [6, 6.07) is 6.50. The van der Waals surface area contributed by atoms with E-state index < -0.39 is 26.7 Å². The van der Waals surface area contributed by atoms with Crippen LogP contribution in [0, 0.1) is 11.6 Å². The number of thiophene rings is 1. The van der Waals surface area contributed by atoms with Gasteiger partial charge in [-0.1, -0.05) is 23.2 Å². The third-order valence-corrected chi connectivity index (χ3v) is 7.68. The summed E-state index contributed by atoms with van der Waals surface area (Å²) in [4.78, 5) is 3.78. The highest BCUT2D eigenvalue weighted by atomic mass is 35.5. The fourth-order valence-corrected chi connectivity index (χ4v) is 6.20. The molecule has 0 aliphatic carbocycles. The molecule has 0 spiro atoms. The van der Waals surface area contributed by atoms with Crippen molar-refractivity contribution in [2.75, 3.05) is 5.73 Å². The Morgan fingerprint density at radius 2 is 1.81 bits per heavy atom. The molecule has 136 valence electrons. The molecule has 0 saturated heterocycles. The Kier molecular flexibility index (Phi) is 5.21. The first-order valence-corrected chi connectivity index (χ1v) is 10.2. The summed E-state index contributed by atoms with van der Waals surface area (Å²) < 4.78 is 54.8. The van der Waals surface area contributed by atoms with Crippen LogP contribution in [0.15, 0.2) is 46.8 Å². The number of nitrogens with zero attached hydrogens (tertiary/aromatic N) is 1. The normalized spacial score (nSPS) is 12.9. The predicted molar refractivity (Wildman–Crippen MR) is 98.4 cm³/mol. The number of benzene rings is 1. The number of anilines is 1. The van der Waals surface area contributed by atoms with Gasteiger partial charge in [0, 0.05) is 11.8 Å². The second-order valence-electron chi connectivity index (χ2n) is 5.28. The van der Waals surface area contributed by atoms with Gasteiger partial charge in [0.2, 0.25) is 0 Å². The molecule has 2 aromatic heterocycles. The lowest BCUT2D eigenvalue weighted by molar-refractivity contribution is 0.571. The largest absolute Gasteiger partial charge is 0.384 e. The number of hydrogen-bond donors (Lipinski definition) is 1. The molecule has 4 nitrogen and oxygen atoms in total. The third-order valence-electron chi connectivity index (χ3n) is 3.57. The van der Waals surface area contributed by atoms with E-state index in [0.29, 0.717) is 0 Å². The fraction of sp³-hybridized carbons (Fsp3) is 0.0625. The van der Waals surface area contributed by atoms with Crippen LogP contribution < -0.4 is 5.73 Å². The molecule has 1 atom stereocenters. The lowest BCUT2D eigenvalue weighted by Crippen LogP contribution is -2.17. The third kappa shape index (κ3) is 3.55. The topological polar surface area (TPSA) is 73.1 Å². The monoisotopic (exact) mass is 434 g/mol. The molecular formula is C16H10Cl2F2N2O2S2. The zero-order valence-electron chi connectivity index (χ0n) is 12.8. The smallest absolute Gasteiger partial charge is 0.199 e. The van der Waals surface area contributed by atoms with Crippen molar-refractivity contribution in [2.24, 2.45) is 0 Å². The van der Waals surface area contributed by atoms with Crippen molar-refractivity contribution in [1.82, 2.24) is 4.98 Å². The van der Waals surface area contributed by atoms with Gasteiger partial charge in [-0.2, -0.15) is 0 Å². The molecule has 3 aromatic rings. The number of aromatic nitrogens is 1.